The number of hydrogen-bond acceptors (Lipinski definition) is 7. The summed E-state index contributed by atoms with van der Waals surface area (Å²) in [5.41, 5.74) is 8.26. The topological polar surface area (TPSA) is 115 Å². The van der Waals surface area contributed by atoms with E-state index in [1.807, 2.05) is 30.9 Å². The molecule has 0 radical (unpaired) electrons. The normalized spacial score (nSPS) is 26.6. The Labute approximate surface area is 250 Å². The molecule has 0 spiro atoms. The largest absolute Gasteiger partial charge is 0.376 e. The van der Waals surface area contributed by atoms with Crippen LogP contribution in [0.5, 0.6) is 0 Å². The molecule has 0 aromatic heterocycles. The first-order chi connectivity index (χ1) is 20.2. The van der Waals surface area contributed by atoms with Crippen LogP contribution in [0, 0.1) is 17.8 Å². The molecular formula is C31H53F2N7O2. The number of piperidine rings is 2. The van der Waals surface area contributed by atoms with Gasteiger partial charge in [-0.25, -0.2) is 8.78 Å². The number of nitrogens with two attached hydrogens (primary N) is 1. The molecule has 3 aliphatic heterocycles. The van der Waals surface area contributed by atoms with E-state index in [1.54, 1.807) is 0 Å². The molecule has 238 valence electrons. The summed E-state index contributed by atoms with van der Waals surface area (Å²) in [7, 11) is 2.08. The molecule has 0 aliphatic carbocycles. The molecule has 2 fully saturated rings. The SMILES string of the molecule is C=CNC(N)C(CNCC(F)C/C(=C\C)CC)C(=O)NC1CNCC(F)C1C1=CCN(C(=O)C2CCN(C)CC2)CC1. The third-order valence-corrected chi connectivity index (χ3v) is 9.06. The van der Waals surface area contributed by atoms with Gasteiger partial charge in [-0.1, -0.05) is 36.8 Å². The number of halogens is 2. The van der Waals surface area contributed by atoms with E-state index in [0.717, 1.165) is 43.5 Å². The Bertz CT molecular complexity index is 954. The van der Waals surface area contributed by atoms with Gasteiger partial charge in [0.25, 0.3) is 0 Å². The molecule has 11 heteroatoms. The van der Waals surface area contributed by atoms with Crippen molar-refractivity contribution in [1.82, 2.24) is 31.1 Å². The van der Waals surface area contributed by atoms with Crippen molar-refractivity contribution in [1.29, 1.82) is 0 Å². The fraction of sp³-hybridized carbons (Fsp3) is 0.742. The molecular weight excluding hydrogens is 540 g/mol. The maximum atomic E-state index is 15.4. The minimum absolute atomic E-state index is 0.0550. The van der Waals surface area contributed by atoms with Crippen LogP contribution < -0.4 is 27.0 Å². The predicted octanol–water partition coefficient (Wildman–Crippen LogP) is 1.84. The number of carbonyl (C=O) groups is 2. The van der Waals surface area contributed by atoms with Crippen LogP contribution >= 0.6 is 0 Å². The maximum Gasteiger partial charge on any atom is 0.228 e. The van der Waals surface area contributed by atoms with Gasteiger partial charge in [0.2, 0.25) is 11.8 Å². The summed E-state index contributed by atoms with van der Waals surface area (Å²) < 4.78 is 30.0. The van der Waals surface area contributed by atoms with E-state index in [2.05, 4.69) is 39.8 Å². The van der Waals surface area contributed by atoms with Crippen molar-refractivity contribution in [3.05, 3.63) is 36.1 Å². The van der Waals surface area contributed by atoms with Crippen molar-refractivity contribution in [3.63, 3.8) is 0 Å². The number of likely N-dealkylation sites (tertiary alicyclic amines) is 1. The Morgan fingerprint density at radius 2 is 1.98 bits per heavy atom. The molecule has 9 nitrogen and oxygen atoms in total. The Balaban J connectivity index is 1.62. The van der Waals surface area contributed by atoms with Gasteiger partial charge in [-0.05, 0) is 58.9 Å². The van der Waals surface area contributed by atoms with Crippen LogP contribution in [-0.4, -0.2) is 106 Å². The Morgan fingerprint density at radius 3 is 2.60 bits per heavy atom. The van der Waals surface area contributed by atoms with E-state index in [4.69, 9.17) is 5.73 Å². The molecule has 42 heavy (non-hydrogen) atoms. The monoisotopic (exact) mass is 593 g/mol. The van der Waals surface area contributed by atoms with Crippen molar-refractivity contribution >= 4 is 11.8 Å². The van der Waals surface area contributed by atoms with Crippen LogP contribution in [0.3, 0.4) is 0 Å². The van der Waals surface area contributed by atoms with Crippen LogP contribution in [0.1, 0.15) is 46.0 Å². The van der Waals surface area contributed by atoms with E-state index >= 15 is 4.39 Å². The van der Waals surface area contributed by atoms with Crippen LogP contribution in [0.2, 0.25) is 0 Å². The van der Waals surface area contributed by atoms with Gasteiger partial charge in [-0.3, -0.25) is 9.59 Å². The van der Waals surface area contributed by atoms with E-state index < -0.39 is 36.4 Å². The fourth-order valence-corrected chi connectivity index (χ4v) is 6.36. The predicted molar refractivity (Wildman–Crippen MR) is 164 cm³/mol. The average Bonchev–Trinajstić information content (AvgIpc) is 2.98. The summed E-state index contributed by atoms with van der Waals surface area (Å²) in [6.45, 7) is 11.3. The van der Waals surface area contributed by atoms with Gasteiger partial charge in [-0.2, -0.15) is 0 Å². The van der Waals surface area contributed by atoms with Gasteiger partial charge in [0.1, 0.15) is 12.3 Å². The molecule has 3 heterocycles. The second-order valence-corrected chi connectivity index (χ2v) is 12.0. The highest BCUT2D eigenvalue weighted by atomic mass is 19.1. The maximum absolute atomic E-state index is 15.4. The zero-order chi connectivity index (χ0) is 30.6. The fourth-order valence-electron chi connectivity index (χ4n) is 6.36. The number of nitrogens with zero attached hydrogens (tertiary/aromatic N) is 2. The first kappa shape index (κ1) is 34.2. The van der Waals surface area contributed by atoms with Crippen molar-refractivity contribution in [2.24, 2.45) is 23.5 Å². The van der Waals surface area contributed by atoms with Gasteiger partial charge in [0.05, 0.1) is 18.1 Å². The minimum Gasteiger partial charge on any atom is -0.376 e. The molecule has 3 rings (SSSR count). The van der Waals surface area contributed by atoms with Crippen LogP contribution in [-0.2, 0) is 9.59 Å². The summed E-state index contributed by atoms with van der Waals surface area (Å²) in [5, 5.41) is 12.1. The summed E-state index contributed by atoms with van der Waals surface area (Å²) in [6, 6.07) is -0.474. The summed E-state index contributed by atoms with van der Waals surface area (Å²) in [4.78, 5) is 30.8. The summed E-state index contributed by atoms with van der Waals surface area (Å²) in [6.07, 6.45) is 5.82. The lowest BCUT2D eigenvalue weighted by Crippen LogP contribution is -2.60. The minimum atomic E-state index is -1.17. The molecule has 3 aliphatic rings. The standard InChI is InChI=1S/C31H53F2N7O2/c1-5-21(6-2)16-24(32)17-35-18-25(29(34)37-7-3)30(41)38-27-20-36-19-26(33)28(27)22-10-14-40(15-11-22)31(42)23-8-12-39(4)13-9-23/h5,7,10,23-29,35-37H,3,6,8-9,11-20,34H2,1-2,4H3,(H,38,41)/b21-5-. The molecule has 0 aromatic carbocycles. The van der Waals surface area contributed by atoms with Crippen molar-refractivity contribution in [2.75, 3.05) is 59.4 Å². The van der Waals surface area contributed by atoms with Gasteiger partial charge < -0.3 is 36.8 Å². The molecule has 0 aromatic rings. The average molecular weight is 594 g/mol. The first-order valence-corrected chi connectivity index (χ1v) is 15.6. The molecule has 0 saturated carbocycles. The Kier molecular flexibility index (Phi) is 13.9. The lowest BCUT2D eigenvalue weighted by molar-refractivity contribution is -0.136. The number of hydrogen-bond donors (Lipinski definition) is 5. The second kappa shape index (κ2) is 17.1. The highest BCUT2D eigenvalue weighted by molar-refractivity contribution is 5.80. The number of carbonyl (C=O) groups excluding carboxylic acids is 2. The molecule has 6 unspecified atom stereocenters. The van der Waals surface area contributed by atoms with Crippen LogP contribution in [0.4, 0.5) is 8.78 Å². The quantitative estimate of drug-likeness (QED) is 0.154. The number of allylic oxidation sites excluding steroid dienone is 2. The Morgan fingerprint density at radius 1 is 1.24 bits per heavy atom. The third kappa shape index (κ3) is 9.59. The highest BCUT2D eigenvalue weighted by Crippen LogP contribution is 2.30. The van der Waals surface area contributed by atoms with Gasteiger partial charge >= 0.3 is 0 Å². The molecule has 6 N–H and O–H groups in total. The van der Waals surface area contributed by atoms with E-state index in [-0.39, 0.29) is 37.4 Å². The van der Waals surface area contributed by atoms with E-state index in [9.17, 15) is 14.0 Å². The van der Waals surface area contributed by atoms with Crippen molar-refractivity contribution in [2.45, 2.75) is 70.5 Å². The number of amides is 2. The summed E-state index contributed by atoms with van der Waals surface area (Å²) in [5.74, 6) is -1.30. The van der Waals surface area contributed by atoms with Crippen LogP contribution in [0.15, 0.2) is 36.1 Å². The smallest absolute Gasteiger partial charge is 0.228 e. The van der Waals surface area contributed by atoms with Gasteiger partial charge in [-0.15, -0.1) is 0 Å². The number of nitrogens with one attached hydrogen (secondary N) is 4. The van der Waals surface area contributed by atoms with E-state index in [0.29, 0.717) is 32.5 Å². The first-order valence-electron chi connectivity index (χ1n) is 15.6. The summed E-state index contributed by atoms with van der Waals surface area (Å²) >= 11 is 0. The zero-order valence-electron chi connectivity index (χ0n) is 25.7. The lowest BCUT2D eigenvalue weighted by Gasteiger charge is -2.40. The highest BCUT2D eigenvalue weighted by Gasteiger charge is 2.39. The molecule has 2 saturated heterocycles. The molecule has 2 amide bonds. The van der Waals surface area contributed by atoms with Crippen molar-refractivity contribution < 1.29 is 18.4 Å². The van der Waals surface area contributed by atoms with Crippen molar-refractivity contribution in [3.8, 4) is 0 Å². The number of rotatable bonds is 14. The van der Waals surface area contributed by atoms with E-state index in [1.165, 1.54) is 6.20 Å². The number of alkyl halides is 2. The lowest BCUT2D eigenvalue weighted by atomic mass is 9.81. The second-order valence-electron chi connectivity index (χ2n) is 12.0. The molecule has 6 atom stereocenters. The van der Waals surface area contributed by atoms with Gasteiger partial charge in [0, 0.05) is 57.5 Å². The van der Waals surface area contributed by atoms with Crippen LogP contribution in [0.25, 0.3) is 0 Å². The van der Waals surface area contributed by atoms with Gasteiger partial charge in [0.15, 0.2) is 0 Å². The Hall–Kier alpha value is -2.34. The molecule has 0 bridgehead atoms. The third-order valence-electron chi connectivity index (χ3n) is 9.06. The zero-order valence-corrected chi connectivity index (χ0v) is 25.7.